The van der Waals surface area contributed by atoms with E-state index in [-0.39, 0.29) is 4.90 Å². The van der Waals surface area contributed by atoms with Crippen molar-refractivity contribution in [2.45, 2.75) is 43.0 Å². The summed E-state index contributed by atoms with van der Waals surface area (Å²) in [6.07, 6.45) is 12.9. The third-order valence-electron chi connectivity index (χ3n) is 6.31. The maximum absolute atomic E-state index is 12.0. The minimum absolute atomic E-state index is 0.209. The molecule has 0 saturated heterocycles. The monoisotopic (exact) mass is 477 g/mol. The molecule has 2 aromatic carbocycles. The normalized spacial score (nSPS) is 14.9. The standard InChI is InChI=1S/C25H27N5O3S/c1-33-23-13-20(34(2,31)32)11-12-21(23)22-10-6-7-17-14-26-25(29-24(17)22)28-18-15-27-30(16-18)19-8-4-3-5-9-19/h6-7,10-16,19H,3-5,8-9H2,1-2H3,(H,26,28,29). The van der Waals surface area contributed by atoms with Crippen LogP contribution in [-0.2, 0) is 9.84 Å². The molecular weight excluding hydrogens is 450 g/mol. The van der Waals surface area contributed by atoms with Gasteiger partial charge >= 0.3 is 0 Å². The SMILES string of the molecule is COc1cc(S(C)(=O)=O)ccc1-c1cccc2cnc(Nc3cnn(C4CCCCC4)c3)nc12. The lowest BCUT2D eigenvalue weighted by atomic mass is 9.96. The predicted octanol–water partition coefficient (Wildman–Crippen LogP) is 5.15. The fourth-order valence-corrected chi connectivity index (χ4v) is 5.17. The van der Waals surface area contributed by atoms with E-state index in [1.165, 1.54) is 32.6 Å². The fraction of sp³-hybridized carbons (Fsp3) is 0.320. The molecule has 9 heteroatoms. The molecule has 2 heterocycles. The molecule has 0 radical (unpaired) electrons. The lowest BCUT2D eigenvalue weighted by Crippen LogP contribution is -2.12. The molecular formula is C25H27N5O3S. The number of para-hydroxylation sites is 1. The second-order valence-electron chi connectivity index (χ2n) is 8.70. The van der Waals surface area contributed by atoms with Crippen molar-refractivity contribution in [1.29, 1.82) is 0 Å². The van der Waals surface area contributed by atoms with Crippen molar-refractivity contribution < 1.29 is 13.2 Å². The van der Waals surface area contributed by atoms with Crippen LogP contribution in [0.1, 0.15) is 38.1 Å². The van der Waals surface area contributed by atoms with E-state index in [9.17, 15) is 8.42 Å². The lowest BCUT2D eigenvalue weighted by Gasteiger charge is -2.21. The number of fused-ring (bicyclic) bond motifs is 1. The van der Waals surface area contributed by atoms with Crippen LogP contribution in [0.25, 0.3) is 22.0 Å². The Bertz CT molecular complexity index is 1440. The third-order valence-corrected chi connectivity index (χ3v) is 7.42. The van der Waals surface area contributed by atoms with Crippen molar-refractivity contribution in [2.75, 3.05) is 18.7 Å². The molecule has 34 heavy (non-hydrogen) atoms. The zero-order chi connectivity index (χ0) is 23.7. The summed E-state index contributed by atoms with van der Waals surface area (Å²) in [5.41, 5.74) is 3.18. The van der Waals surface area contributed by atoms with E-state index >= 15 is 0 Å². The number of benzene rings is 2. The first-order valence-electron chi connectivity index (χ1n) is 11.4. The Morgan fingerprint density at radius 1 is 1.06 bits per heavy atom. The zero-order valence-electron chi connectivity index (χ0n) is 19.2. The average Bonchev–Trinajstić information content (AvgIpc) is 3.32. The topological polar surface area (TPSA) is 99.0 Å². The summed E-state index contributed by atoms with van der Waals surface area (Å²) in [6, 6.07) is 11.2. The van der Waals surface area contributed by atoms with E-state index in [0.29, 0.717) is 17.7 Å². The maximum Gasteiger partial charge on any atom is 0.227 e. The summed E-state index contributed by atoms with van der Waals surface area (Å²) in [6.45, 7) is 0. The minimum Gasteiger partial charge on any atom is -0.496 e. The number of methoxy groups -OCH3 is 1. The number of hydrogen-bond acceptors (Lipinski definition) is 7. The van der Waals surface area contributed by atoms with Gasteiger partial charge in [0.2, 0.25) is 5.95 Å². The highest BCUT2D eigenvalue weighted by Gasteiger charge is 2.18. The van der Waals surface area contributed by atoms with Crippen molar-refractivity contribution in [3.8, 4) is 16.9 Å². The number of hydrogen-bond donors (Lipinski definition) is 1. The molecule has 8 nitrogen and oxygen atoms in total. The van der Waals surface area contributed by atoms with Gasteiger partial charge in [-0.25, -0.2) is 18.4 Å². The van der Waals surface area contributed by atoms with Gasteiger partial charge in [-0.05, 0) is 31.0 Å². The Morgan fingerprint density at radius 3 is 2.65 bits per heavy atom. The zero-order valence-corrected chi connectivity index (χ0v) is 20.0. The highest BCUT2D eigenvalue weighted by molar-refractivity contribution is 7.90. The van der Waals surface area contributed by atoms with Gasteiger partial charge in [0.1, 0.15) is 5.75 Å². The van der Waals surface area contributed by atoms with E-state index in [1.54, 1.807) is 30.6 Å². The first kappa shape index (κ1) is 22.3. The molecule has 0 bridgehead atoms. The van der Waals surface area contributed by atoms with Crippen LogP contribution in [-0.4, -0.2) is 41.5 Å². The predicted molar refractivity (Wildman–Crippen MR) is 132 cm³/mol. The number of nitrogens with one attached hydrogen (secondary N) is 1. The van der Waals surface area contributed by atoms with E-state index < -0.39 is 9.84 Å². The molecule has 0 amide bonds. The number of ether oxygens (including phenoxy) is 1. The number of nitrogens with zero attached hydrogens (tertiary/aromatic N) is 4. The summed E-state index contributed by atoms with van der Waals surface area (Å²) in [5.74, 6) is 0.937. The molecule has 1 N–H and O–H groups in total. The average molecular weight is 478 g/mol. The molecule has 1 fully saturated rings. The van der Waals surface area contributed by atoms with Crippen LogP contribution in [0.5, 0.6) is 5.75 Å². The molecule has 0 spiro atoms. The van der Waals surface area contributed by atoms with Crippen LogP contribution < -0.4 is 10.1 Å². The van der Waals surface area contributed by atoms with Crippen LogP contribution in [0, 0.1) is 0 Å². The molecule has 0 aliphatic heterocycles. The van der Waals surface area contributed by atoms with E-state index in [2.05, 4.69) is 15.4 Å². The van der Waals surface area contributed by atoms with Crippen molar-refractivity contribution in [3.63, 3.8) is 0 Å². The Morgan fingerprint density at radius 2 is 1.88 bits per heavy atom. The molecule has 176 valence electrons. The van der Waals surface area contributed by atoms with Crippen LogP contribution in [0.3, 0.4) is 0 Å². The smallest absolute Gasteiger partial charge is 0.227 e. The molecule has 1 aliphatic carbocycles. The lowest BCUT2D eigenvalue weighted by molar-refractivity contribution is 0.329. The summed E-state index contributed by atoms with van der Waals surface area (Å²) in [5, 5.41) is 8.69. The summed E-state index contributed by atoms with van der Waals surface area (Å²) < 4.78 is 31.6. The molecule has 0 atom stereocenters. The highest BCUT2D eigenvalue weighted by Crippen LogP contribution is 2.36. The number of sulfone groups is 1. The van der Waals surface area contributed by atoms with E-state index in [0.717, 1.165) is 40.6 Å². The highest BCUT2D eigenvalue weighted by atomic mass is 32.2. The van der Waals surface area contributed by atoms with Gasteiger partial charge in [-0.1, -0.05) is 37.5 Å². The van der Waals surface area contributed by atoms with Gasteiger partial charge in [-0.3, -0.25) is 4.68 Å². The summed E-state index contributed by atoms with van der Waals surface area (Å²) in [4.78, 5) is 9.47. The van der Waals surface area contributed by atoms with Gasteiger partial charge in [-0.15, -0.1) is 0 Å². The van der Waals surface area contributed by atoms with Gasteiger partial charge in [-0.2, -0.15) is 5.10 Å². The van der Waals surface area contributed by atoms with E-state index in [1.807, 2.05) is 29.1 Å². The maximum atomic E-state index is 12.0. The van der Waals surface area contributed by atoms with Crippen molar-refractivity contribution in [3.05, 3.63) is 55.0 Å². The number of rotatable bonds is 6. The summed E-state index contributed by atoms with van der Waals surface area (Å²) in [7, 11) is -1.82. The second-order valence-corrected chi connectivity index (χ2v) is 10.7. The van der Waals surface area contributed by atoms with Gasteiger partial charge in [0.05, 0.1) is 35.4 Å². The molecule has 4 aromatic rings. The molecule has 1 saturated carbocycles. The van der Waals surface area contributed by atoms with Crippen LogP contribution >= 0.6 is 0 Å². The first-order chi connectivity index (χ1) is 16.4. The third kappa shape index (κ3) is 4.48. The van der Waals surface area contributed by atoms with Gasteiger partial charge in [0.15, 0.2) is 9.84 Å². The van der Waals surface area contributed by atoms with Crippen molar-refractivity contribution in [2.24, 2.45) is 0 Å². The largest absolute Gasteiger partial charge is 0.496 e. The van der Waals surface area contributed by atoms with Crippen LogP contribution in [0.4, 0.5) is 11.6 Å². The van der Waals surface area contributed by atoms with Crippen molar-refractivity contribution >= 4 is 32.4 Å². The molecule has 0 unspecified atom stereocenters. The van der Waals surface area contributed by atoms with Crippen LogP contribution in [0.15, 0.2) is 59.9 Å². The second kappa shape index (κ2) is 9.06. The number of anilines is 2. The van der Waals surface area contributed by atoms with Gasteiger partial charge in [0.25, 0.3) is 0 Å². The molecule has 1 aliphatic rings. The Balaban J connectivity index is 1.49. The first-order valence-corrected chi connectivity index (χ1v) is 13.3. The molecule has 5 rings (SSSR count). The quantitative estimate of drug-likeness (QED) is 0.410. The van der Waals surface area contributed by atoms with E-state index in [4.69, 9.17) is 9.72 Å². The Hall–Kier alpha value is -3.46. The van der Waals surface area contributed by atoms with Crippen LogP contribution in [0.2, 0.25) is 0 Å². The van der Waals surface area contributed by atoms with Gasteiger partial charge < -0.3 is 10.1 Å². The van der Waals surface area contributed by atoms with Crippen molar-refractivity contribution in [1.82, 2.24) is 19.7 Å². The Kier molecular flexibility index (Phi) is 5.95. The Labute approximate surface area is 198 Å². The minimum atomic E-state index is -3.35. The molecule has 2 aromatic heterocycles. The summed E-state index contributed by atoms with van der Waals surface area (Å²) >= 11 is 0. The fourth-order valence-electron chi connectivity index (χ4n) is 4.53. The number of aromatic nitrogens is 4. The van der Waals surface area contributed by atoms with Gasteiger partial charge in [0, 0.05) is 35.2 Å².